The predicted molar refractivity (Wildman–Crippen MR) is 96.2 cm³/mol. The lowest BCUT2D eigenvalue weighted by Gasteiger charge is -2.31. The fraction of sp³-hybridized carbons (Fsp3) is 0.368. The second-order valence-electron chi connectivity index (χ2n) is 6.48. The Morgan fingerprint density at radius 2 is 2.04 bits per heavy atom. The summed E-state index contributed by atoms with van der Waals surface area (Å²) >= 11 is 1.36. The topological polar surface area (TPSA) is 49.4 Å². The summed E-state index contributed by atoms with van der Waals surface area (Å²) < 4.78 is 38.3. The minimum absolute atomic E-state index is 0.0259. The number of thiophene rings is 1. The van der Waals surface area contributed by atoms with Crippen LogP contribution in [0.15, 0.2) is 41.8 Å². The van der Waals surface area contributed by atoms with E-state index < -0.39 is 11.7 Å². The number of nitrogens with one attached hydrogen (secondary N) is 1. The Bertz CT molecular complexity index is 806. The molecule has 1 fully saturated rings. The lowest BCUT2D eigenvalue weighted by Crippen LogP contribution is -2.45. The Balaban J connectivity index is 1.57. The van der Waals surface area contributed by atoms with Crippen LogP contribution in [0.3, 0.4) is 0 Å². The first-order chi connectivity index (χ1) is 12.8. The molecule has 1 aromatic heterocycles. The zero-order valence-electron chi connectivity index (χ0n) is 14.5. The SMILES string of the molecule is O=C(NCc1cccc(C(F)(F)F)c1)[C@@H]1CCCN(C(=O)c2cccs2)C1. The zero-order valence-corrected chi connectivity index (χ0v) is 15.3. The monoisotopic (exact) mass is 396 g/mol. The maximum atomic E-state index is 12.8. The molecule has 4 nitrogen and oxygen atoms in total. The normalized spacial score (nSPS) is 17.6. The number of amides is 2. The molecular formula is C19H19F3N2O2S. The van der Waals surface area contributed by atoms with Crippen LogP contribution in [-0.4, -0.2) is 29.8 Å². The number of alkyl halides is 3. The molecule has 1 aliphatic rings. The molecule has 1 aromatic carbocycles. The van der Waals surface area contributed by atoms with Crippen molar-refractivity contribution in [1.82, 2.24) is 10.2 Å². The molecule has 8 heteroatoms. The van der Waals surface area contributed by atoms with Gasteiger partial charge < -0.3 is 10.2 Å². The van der Waals surface area contributed by atoms with Gasteiger partial charge in [-0.1, -0.05) is 18.2 Å². The van der Waals surface area contributed by atoms with E-state index >= 15 is 0 Å². The number of benzene rings is 1. The van der Waals surface area contributed by atoms with Gasteiger partial charge in [-0.05, 0) is 42.0 Å². The highest BCUT2D eigenvalue weighted by atomic mass is 32.1. The van der Waals surface area contributed by atoms with Gasteiger partial charge in [-0.2, -0.15) is 13.2 Å². The van der Waals surface area contributed by atoms with Crippen LogP contribution < -0.4 is 5.32 Å². The van der Waals surface area contributed by atoms with Crippen LogP contribution in [0.5, 0.6) is 0 Å². The highest BCUT2D eigenvalue weighted by Gasteiger charge is 2.31. The van der Waals surface area contributed by atoms with Crippen molar-refractivity contribution in [1.29, 1.82) is 0 Å². The summed E-state index contributed by atoms with van der Waals surface area (Å²) in [6.07, 6.45) is -3.03. The van der Waals surface area contributed by atoms with Gasteiger partial charge in [0.05, 0.1) is 16.4 Å². The van der Waals surface area contributed by atoms with Crippen molar-refractivity contribution in [2.24, 2.45) is 5.92 Å². The van der Waals surface area contributed by atoms with E-state index in [1.165, 1.54) is 17.4 Å². The zero-order chi connectivity index (χ0) is 19.4. The van der Waals surface area contributed by atoms with E-state index in [2.05, 4.69) is 5.32 Å². The molecule has 0 bridgehead atoms. The van der Waals surface area contributed by atoms with Crippen molar-refractivity contribution in [3.05, 3.63) is 57.8 Å². The Morgan fingerprint density at radius 3 is 2.74 bits per heavy atom. The van der Waals surface area contributed by atoms with Crippen LogP contribution in [0.25, 0.3) is 0 Å². The number of carbonyl (C=O) groups excluding carboxylic acids is 2. The number of piperidine rings is 1. The van der Waals surface area contributed by atoms with Gasteiger partial charge in [0.15, 0.2) is 0 Å². The molecular weight excluding hydrogens is 377 g/mol. The minimum atomic E-state index is -4.41. The van der Waals surface area contributed by atoms with Crippen molar-refractivity contribution in [3.8, 4) is 0 Å². The number of hydrogen-bond acceptors (Lipinski definition) is 3. The Labute approximate surface area is 159 Å². The average Bonchev–Trinajstić information content (AvgIpc) is 3.20. The van der Waals surface area contributed by atoms with Crippen molar-refractivity contribution in [2.75, 3.05) is 13.1 Å². The molecule has 0 saturated carbocycles. The molecule has 0 radical (unpaired) electrons. The number of carbonyl (C=O) groups is 2. The molecule has 1 atom stereocenters. The second kappa shape index (κ2) is 8.12. The minimum Gasteiger partial charge on any atom is -0.352 e. The fourth-order valence-corrected chi connectivity index (χ4v) is 3.81. The maximum Gasteiger partial charge on any atom is 0.416 e. The Kier molecular flexibility index (Phi) is 5.84. The molecule has 1 aliphatic heterocycles. The van der Waals surface area contributed by atoms with Gasteiger partial charge >= 0.3 is 6.18 Å². The first-order valence-electron chi connectivity index (χ1n) is 8.61. The van der Waals surface area contributed by atoms with E-state index in [4.69, 9.17) is 0 Å². The molecule has 1 N–H and O–H groups in total. The van der Waals surface area contributed by atoms with Gasteiger partial charge in [0.25, 0.3) is 5.91 Å². The van der Waals surface area contributed by atoms with E-state index in [9.17, 15) is 22.8 Å². The number of hydrogen-bond donors (Lipinski definition) is 1. The summed E-state index contributed by atoms with van der Waals surface area (Å²) in [5, 5.41) is 4.53. The van der Waals surface area contributed by atoms with Crippen molar-refractivity contribution in [2.45, 2.75) is 25.6 Å². The van der Waals surface area contributed by atoms with Gasteiger partial charge in [-0.15, -0.1) is 11.3 Å². The van der Waals surface area contributed by atoms with E-state index in [-0.39, 0.29) is 24.3 Å². The first-order valence-corrected chi connectivity index (χ1v) is 9.49. The summed E-state index contributed by atoms with van der Waals surface area (Å²) in [4.78, 5) is 27.2. The summed E-state index contributed by atoms with van der Waals surface area (Å²) in [6, 6.07) is 8.47. The van der Waals surface area contributed by atoms with Crippen LogP contribution in [0, 0.1) is 5.92 Å². The predicted octanol–water partition coefficient (Wildman–Crippen LogP) is 3.94. The van der Waals surface area contributed by atoms with E-state index in [1.54, 1.807) is 23.1 Å². The molecule has 2 amide bonds. The van der Waals surface area contributed by atoms with Crippen molar-refractivity contribution < 1.29 is 22.8 Å². The fourth-order valence-electron chi connectivity index (χ4n) is 3.12. The molecule has 2 aromatic rings. The second-order valence-corrected chi connectivity index (χ2v) is 7.43. The lowest BCUT2D eigenvalue weighted by molar-refractivity contribution is -0.137. The summed E-state index contributed by atoms with van der Waals surface area (Å²) in [6.45, 7) is 0.956. The van der Waals surface area contributed by atoms with Gasteiger partial charge in [0.1, 0.15) is 0 Å². The Morgan fingerprint density at radius 1 is 1.22 bits per heavy atom. The van der Waals surface area contributed by atoms with Gasteiger partial charge in [-0.3, -0.25) is 9.59 Å². The molecule has 0 aliphatic carbocycles. The summed E-state index contributed by atoms with van der Waals surface area (Å²) in [7, 11) is 0. The van der Waals surface area contributed by atoms with Crippen molar-refractivity contribution >= 4 is 23.2 Å². The van der Waals surface area contributed by atoms with Crippen LogP contribution in [0.4, 0.5) is 13.2 Å². The quantitative estimate of drug-likeness (QED) is 0.851. The third-order valence-corrected chi connectivity index (χ3v) is 5.39. The van der Waals surface area contributed by atoms with Crippen LogP contribution >= 0.6 is 11.3 Å². The largest absolute Gasteiger partial charge is 0.416 e. The van der Waals surface area contributed by atoms with Gasteiger partial charge in [0.2, 0.25) is 5.91 Å². The van der Waals surface area contributed by atoms with Gasteiger partial charge in [-0.25, -0.2) is 0 Å². The maximum absolute atomic E-state index is 12.8. The molecule has 144 valence electrons. The van der Waals surface area contributed by atoms with Crippen LogP contribution in [0.2, 0.25) is 0 Å². The molecule has 2 heterocycles. The molecule has 0 unspecified atom stereocenters. The molecule has 27 heavy (non-hydrogen) atoms. The van der Waals surface area contributed by atoms with Crippen LogP contribution in [0.1, 0.15) is 33.6 Å². The van der Waals surface area contributed by atoms with E-state index in [0.717, 1.165) is 18.6 Å². The van der Waals surface area contributed by atoms with Crippen molar-refractivity contribution in [3.63, 3.8) is 0 Å². The van der Waals surface area contributed by atoms with E-state index in [0.29, 0.717) is 30.0 Å². The summed E-state index contributed by atoms with van der Waals surface area (Å²) in [5.41, 5.74) is -0.347. The first kappa shape index (κ1) is 19.4. The lowest BCUT2D eigenvalue weighted by atomic mass is 9.96. The standard InChI is InChI=1S/C19H19F3N2O2S/c20-19(21,22)15-6-1-4-13(10-15)11-23-17(25)14-5-2-8-24(12-14)18(26)16-7-3-9-27-16/h1,3-4,6-7,9-10,14H,2,5,8,11-12H2,(H,23,25)/t14-/m1/s1. The number of rotatable bonds is 4. The number of nitrogens with zero attached hydrogens (tertiary/aromatic N) is 1. The van der Waals surface area contributed by atoms with E-state index in [1.807, 2.05) is 5.38 Å². The Hall–Kier alpha value is -2.35. The number of halogens is 3. The molecule has 3 rings (SSSR count). The van der Waals surface area contributed by atoms with Crippen LogP contribution in [-0.2, 0) is 17.5 Å². The molecule has 0 spiro atoms. The third-order valence-electron chi connectivity index (χ3n) is 4.53. The third kappa shape index (κ3) is 4.88. The smallest absolute Gasteiger partial charge is 0.352 e. The average molecular weight is 396 g/mol. The van der Waals surface area contributed by atoms with Gasteiger partial charge in [0, 0.05) is 19.6 Å². The summed E-state index contributed by atoms with van der Waals surface area (Å²) in [5.74, 6) is -0.676. The molecule has 1 saturated heterocycles. The highest BCUT2D eigenvalue weighted by Crippen LogP contribution is 2.29. The number of likely N-dealkylation sites (tertiary alicyclic amines) is 1. The highest BCUT2D eigenvalue weighted by molar-refractivity contribution is 7.12.